The van der Waals surface area contributed by atoms with E-state index in [0.717, 1.165) is 5.75 Å². The molecule has 0 atom stereocenters. The molecule has 0 aromatic carbocycles. The molecule has 0 bridgehead atoms. The third-order valence-electron chi connectivity index (χ3n) is 3.62. The van der Waals surface area contributed by atoms with E-state index in [1.54, 1.807) is 0 Å². The third kappa shape index (κ3) is 3.16. The standard InChI is InChI=1S/C13H24N2S/c1-12(2)7-5-10(6-8-12)14-11-15-13(3,4)9-16-11/h10H,5-9H2,1-4H3,(H,14,15). The van der Waals surface area contributed by atoms with E-state index in [4.69, 9.17) is 4.99 Å². The molecule has 1 saturated heterocycles. The van der Waals surface area contributed by atoms with Gasteiger partial charge in [0.1, 0.15) is 0 Å². The lowest BCUT2D eigenvalue weighted by molar-refractivity contribution is 0.226. The van der Waals surface area contributed by atoms with Crippen molar-refractivity contribution in [2.75, 3.05) is 5.75 Å². The zero-order valence-corrected chi connectivity index (χ0v) is 11.8. The molecule has 3 heteroatoms. The summed E-state index contributed by atoms with van der Waals surface area (Å²) >= 11 is 1.88. The Kier molecular flexibility index (Phi) is 3.26. The van der Waals surface area contributed by atoms with Gasteiger partial charge in [-0.15, -0.1) is 0 Å². The van der Waals surface area contributed by atoms with Gasteiger partial charge in [-0.3, -0.25) is 4.99 Å². The number of hydrogen-bond donors (Lipinski definition) is 1. The number of hydrogen-bond acceptors (Lipinski definition) is 2. The largest absolute Gasteiger partial charge is 0.359 e. The molecule has 1 saturated carbocycles. The molecule has 0 aromatic rings. The van der Waals surface area contributed by atoms with Gasteiger partial charge in [-0.05, 0) is 44.9 Å². The number of amidine groups is 1. The van der Waals surface area contributed by atoms with Crippen LogP contribution < -0.4 is 5.32 Å². The van der Waals surface area contributed by atoms with Crippen LogP contribution in [-0.4, -0.2) is 22.5 Å². The highest BCUT2D eigenvalue weighted by Crippen LogP contribution is 2.36. The van der Waals surface area contributed by atoms with E-state index in [1.165, 1.54) is 30.9 Å². The quantitative estimate of drug-likeness (QED) is 0.759. The average molecular weight is 240 g/mol. The first-order valence-corrected chi connectivity index (χ1v) is 7.34. The van der Waals surface area contributed by atoms with Crippen molar-refractivity contribution in [2.45, 2.75) is 65.0 Å². The number of thioether (sulfide) groups is 1. The number of nitrogens with zero attached hydrogens (tertiary/aromatic N) is 1. The SMILES string of the molecule is CC1(C)CCC(N=C2NC(C)(C)CS2)CC1. The van der Waals surface area contributed by atoms with E-state index < -0.39 is 0 Å². The monoisotopic (exact) mass is 240 g/mol. The average Bonchev–Trinajstić information content (AvgIpc) is 2.50. The molecule has 2 rings (SSSR count). The van der Waals surface area contributed by atoms with Crippen molar-refractivity contribution in [1.29, 1.82) is 0 Å². The highest BCUT2D eigenvalue weighted by Gasteiger charge is 2.30. The van der Waals surface area contributed by atoms with E-state index in [9.17, 15) is 0 Å². The van der Waals surface area contributed by atoms with Gasteiger partial charge in [-0.25, -0.2) is 0 Å². The molecule has 92 valence electrons. The Balaban J connectivity index is 1.89. The first-order chi connectivity index (χ1) is 7.36. The van der Waals surface area contributed by atoms with Crippen molar-refractivity contribution in [3.05, 3.63) is 0 Å². The smallest absolute Gasteiger partial charge is 0.157 e. The van der Waals surface area contributed by atoms with Gasteiger partial charge in [0.15, 0.2) is 5.17 Å². The first kappa shape index (κ1) is 12.3. The van der Waals surface area contributed by atoms with Crippen LogP contribution in [-0.2, 0) is 0 Å². The molecule has 0 aromatic heterocycles. The molecular weight excluding hydrogens is 216 g/mol. The Morgan fingerprint density at radius 3 is 2.31 bits per heavy atom. The van der Waals surface area contributed by atoms with Gasteiger partial charge < -0.3 is 5.32 Å². The van der Waals surface area contributed by atoms with E-state index in [0.29, 0.717) is 11.5 Å². The summed E-state index contributed by atoms with van der Waals surface area (Å²) in [6, 6.07) is 0.567. The Morgan fingerprint density at radius 1 is 1.19 bits per heavy atom. The van der Waals surface area contributed by atoms with Gasteiger partial charge in [0.25, 0.3) is 0 Å². The van der Waals surface area contributed by atoms with Gasteiger partial charge in [-0.1, -0.05) is 25.6 Å². The van der Waals surface area contributed by atoms with Gasteiger partial charge in [0, 0.05) is 11.3 Å². The minimum absolute atomic E-state index is 0.234. The Labute approximate surface area is 104 Å². The van der Waals surface area contributed by atoms with E-state index in [2.05, 4.69) is 33.0 Å². The topological polar surface area (TPSA) is 24.4 Å². The molecule has 0 radical (unpaired) electrons. The summed E-state index contributed by atoms with van der Waals surface area (Å²) in [7, 11) is 0. The molecule has 2 aliphatic rings. The van der Waals surface area contributed by atoms with Crippen molar-refractivity contribution in [1.82, 2.24) is 5.32 Å². The summed E-state index contributed by atoms with van der Waals surface area (Å²) in [6.07, 6.45) is 5.17. The number of aliphatic imine (C=N–C) groups is 1. The molecule has 1 N–H and O–H groups in total. The second kappa shape index (κ2) is 4.25. The van der Waals surface area contributed by atoms with Gasteiger partial charge in [0.05, 0.1) is 6.04 Å². The highest BCUT2D eigenvalue weighted by atomic mass is 32.2. The summed E-state index contributed by atoms with van der Waals surface area (Å²) in [5.74, 6) is 1.14. The van der Waals surface area contributed by atoms with Crippen LogP contribution in [0.4, 0.5) is 0 Å². The summed E-state index contributed by atoms with van der Waals surface area (Å²) < 4.78 is 0. The second-order valence-electron chi connectivity index (χ2n) is 6.63. The molecule has 2 fully saturated rings. The Morgan fingerprint density at radius 2 is 1.81 bits per heavy atom. The molecule has 1 aliphatic carbocycles. The predicted octanol–water partition coefficient (Wildman–Crippen LogP) is 3.43. The zero-order chi connectivity index (χ0) is 11.8. The fraction of sp³-hybridized carbons (Fsp3) is 0.923. The van der Waals surface area contributed by atoms with Crippen LogP contribution >= 0.6 is 11.8 Å². The van der Waals surface area contributed by atoms with Crippen LogP contribution in [0, 0.1) is 5.41 Å². The lowest BCUT2D eigenvalue weighted by atomic mass is 9.76. The van der Waals surface area contributed by atoms with Crippen LogP contribution in [0.15, 0.2) is 4.99 Å². The molecule has 0 amide bonds. The number of rotatable bonds is 1. The lowest BCUT2D eigenvalue weighted by Crippen LogP contribution is -2.37. The third-order valence-corrected chi connectivity index (χ3v) is 4.97. The Hall–Kier alpha value is -0.180. The van der Waals surface area contributed by atoms with Crippen molar-refractivity contribution in [2.24, 2.45) is 10.4 Å². The summed E-state index contributed by atoms with van der Waals surface area (Å²) in [4.78, 5) is 4.86. The second-order valence-corrected chi connectivity index (χ2v) is 7.59. The molecular formula is C13H24N2S. The van der Waals surface area contributed by atoms with Gasteiger partial charge in [0.2, 0.25) is 0 Å². The van der Waals surface area contributed by atoms with Gasteiger partial charge >= 0.3 is 0 Å². The van der Waals surface area contributed by atoms with E-state index in [1.807, 2.05) is 11.8 Å². The van der Waals surface area contributed by atoms with Crippen molar-refractivity contribution >= 4 is 16.9 Å². The van der Waals surface area contributed by atoms with Crippen LogP contribution in [0.5, 0.6) is 0 Å². The summed E-state index contributed by atoms with van der Waals surface area (Å²) in [5.41, 5.74) is 0.781. The molecule has 1 heterocycles. The lowest BCUT2D eigenvalue weighted by Gasteiger charge is -2.32. The predicted molar refractivity (Wildman–Crippen MR) is 73.1 cm³/mol. The zero-order valence-electron chi connectivity index (χ0n) is 11.0. The van der Waals surface area contributed by atoms with Crippen molar-refractivity contribution in [3.63, 3.8) is 0 Å². The maximum absolute atomic E-state index is 4.86. The van der Waals surface area contributed by atoms with E-state index >= 15 is 0 Å². The molecule has 0 spiro atoms. The summed E-state index contributed by atoms with van der Waals surface area (Å²) in [5, 5.41) is 4.69. The fourth-order valence-corrected chi connectivity index (χ4v) is 3.50. The molecule has 16 heavy (non-hydrogen) atoms. The van der Waals surface area contributed by atoms with Crippen LogP contribution in [0.3, 0.4) is 0 Å². The van der Waals surface area contributed by atoms with Crippen molar-refractivity contribution in [3.8, 4) is 0 Å². The van der Waals surface area contributed by atoms with E-state index in [-0.39, 0.29) is 5.54 Å². The summed E-state index contributed by atoms with van der Waals surface area (Å²) in [6.45, 7) is 9.24. The maximum atomic E-state index is 4.86. The fourth-order valence-electron chi connectivity index (χ4n) is 2.36. The minimum atomic E-state index is 0.234. The Bertz CT molecular complexity index is 284. The van der Waals surface area contributed by atoms with Crippen LogP contribution in [0.1, 0.15) is 53.4 Å². The molecule has 0 unspecified atom stereocenters. The first-order valence-electron chi connectivity index (χ1n) is 6.35. The van der Waals surface area contributed by atoms with Crippen LogP contribution in [0.25, 0.3) is 0 Å². The van der Waals surface area contributed by atoms with Crippen molar-refractivity contribution < 1.29 is 0 Å². The highest BCUT2D eigenvalue weighted by molar-refractivity contribution is 8.14. The molecule has 1 aliphatic heterocycles. The van der Waals surface area contributed by atoms with Crippen LogP contribution in [0.2, 0.25) is 0 Å². The molecule has 2 nitrogen and oxygen atoms in total. The normalized spacial score (nSPS) is 31.6. The van der Waals surface area contributed by atoms with Gasteiger partial charge in [-0.2, -0.15) is 0 Å². The minimum Gasteiger partial charge on any atom is -0.359 e. The number of nitrogens with one attached hydrogen (secondary N) is 1. The maximum Gasteiger partial charge on any atom is 0.157 e.